The highest BCUT2D eigenvalue weighted by molar-refractivity contribution is 8.01. The van der Waals surface area contributed by atoms with Crippen molar-refractivity contribution in [2.24, 2.45) is 0 Å². The minimum Gasteiger partial charge on any atom is -0.465 e. The lowest BCUT2D eigenvalue weighted by atomic mass is 10.1. The third-order valence-corrected chi connectivity index (χ3v) is 7.68. The maximum absolute atomic E-state index is 13.2. The van der Waals surface area contributed by atoms with Crippen LogP contribution in [0.1, 0.15) is 87.1 Å². The molecule has 0 saturated carbocycles. The SMILES string of the molecule is CCCCCCCn1c(COC(=O)c2ccc(SC(C)(C)C(=O)OCC)cc2)nn(Cc2ccc(C)cc2)c1=O. The molecular formula is C31H41N3O5S. The van der Waals surface area contributed by atoms with E-state index in [1.807, 2.05) is 31.2 Å². The van der Waals surface area contributed by atoms with E-state index in [9.17, 15) is 14.4 Å². The van der Waals surface area contributed by atoms with E-state index in [1.165, 1.54) is 22.9 Å². The summed E-state index contributed by atoms with van der Waals surface area (Å²) in [7, 11) is 0. The monoisotopic (exact) mass is 567 g/mol. The first kappa shape index (κ1) is 31.2. The van der Waals surface area contributed by atoms with Crippen LogP contribution in [0, 0.1) is 6.92 Å². The number of aromatic nitrogens is 3. The van der Waals surface area contributed by atoms with Crippen molar-refractivity contribution in [1.82, 2.24) is 14.3 Å². The van der Waals surface area contributed by atoms with E-state index in [1.54, 1.807) is 49.6 Å². The molecule has 0 amide bonds. The van der Waals surface area contributed by atoms with Crippen LogP contribution in [-0.2, 0) is 34.0 Å². The van der Waals surface area contributed by atoms with E-state index in [0.29, 0.717) is 31.1 Å². The predicted octanol–water partition coefficient (Wildman–Crippen LogP) is 6.16. The topological polar surface area (TPSA) is 92.4 Å². The van der Waals surface area contributed by atoms with Gasteiger partial charge in [-0.3, -0.25) is 9.36 Å². The molecule has 0 spiro atoms. The van der Waals surface area contributed by atoms with Crippen molar-refractivity contribution in [3.63, 3.8) is 0 Å². The summed E-state index contributed by atoms with van der Waals surface area (Å²) in [6.07, 6.45) is 5.33. The van der Waals surface area contributed by atoms with Gasteiger partial charge in [0.25, 0.3) is 0 Å². The molecule has 2 aromatic carbocycles. The average molecular weight is 568 g/mol. The lowest BCUT2D eigenvalue weighted by Gasteiger charge is -2.21. The Labute approximate surface area is 241 Å². The molecule has 0 N–H and O–H groups in total. The zero-order valence-electron chi connectivity index (χ0n) is 24.3. The van der Waals surface area contributed by atoms with Crippen LogP contribution in [0.5, 0.6) is 0 Å². The number of ether oxygens (including phenoxy) is 2. The van der Waals surface area contributed by atoms with E-state index >= 15 is 0 Å². The summed E-state index contributed by atoms with van der Waals surface area (Å²) in [5.41, 5.74) is 2.31. The molecule has 3 aromatic rings. The van der Waals surface area contributed by atoms with E-state index in [0.717, 1.165) is 41.7 Å². The number of carbonyl (C=O) groups excluding carboxylic acids is 2. The van der Waals surface area contributed by atoms with Crippen LogP contribution in [0.25, 0.3) is 0 Å². The maximum Gasteiger partial charge on any atom is 0.346 e. The molecule has 9 heteroatoms. The van der Waals surface area contributed by atoms with Crippen LogP contribution in [0.4, 0.5) is 0 Å². The van der Waals surface area contributed by atoms with Crippen molar-refractivity contribution >= 4 is 23.7 Å². The van der Waals surface area contributed by atoms with Gasteiger partial charge in [-0.05, 0) is 63.9 Å². The minimum absolute atomic E-state index is 0.101. The Morgan fingerprint density at radius 1 is 0.925 bits per heavy atom. The molecule has 0 unspecified atom stereocenters. The summed E-state index contributed by atoms with van der Waals surface area (Å²) in [5.74, 6) is -0.359. The molecule has 40 heavy (non-hydrogen) atoms. The van der Waals surface area contributed by atoms with E-state index in [2.05, 4.69) is 12.0 Å². The Bertz CT molecular complexity index is 1310. The van der Waals surface area contributed by atoms with Crippen molar-refractivity contribution in [2.75, 3.05) is 6.61 Å². The number of carbonyl (C=O) groups is 2. The molecule has 0 fully saturated rings. The number of hydrogen-bond donors (Lipinski definition) is 0. The number of esters is 2. The summed E-state index contributed by atoms with van der Waals surface area (Å²) in [6.45, 7) is 10.7. The second kappa shape index (κ2) is 14.9. The number of unbranched alkanes of at least 4 members (excludes halogenated alkanes) is 4. The molecule has 0 aliphatic rings. The van der Waals surface area contributed by atoms with Crippen LogP contribution in [0.15, 0.2) is 58.2 Å². The number of rotatable bonds is 15. The van der Waals surface area contributed by atoms with Gasteiger partial charge in [0.1, 0.15) is 4.75 Å². The zero-order valence-corrected chi connectivity index (χ0v) is 25.1. The van der Waals surface area contributed by atoms with Gasteiger partial charge in [0.05, 0.1) is 18.7 Å². The summed E-state index contributed by atoms with van der Waals surface area (Å²) in [4.78, 5) is 39.1. The first-order valence-corrected chi connectivity index (χ1v) is 14.8. The Hall–Kier alpha value is -3.33. The van der Waals surface area contributed by atoms with Crippen molar-refractivity contribution in [3.05, 3.63) is 81.5 Å². The third-order valence-electron chi connectivity index (χ3n) is 6.50. The van der Waals surface area contributed by atoms with Crippen LogP contribution in [0.2, 0.25) is 0 Å². The van der Waals surface area contributed by atoms with Crippen molar-refractivity contribution in [1.29, 1.82) is 0 Å². The number of nitrogens with zero attached hydrogens (tertiary/aromatic N) is 3. The second-order valence-corrected chi connectivity index (χ2v) is 12.0. The first-order chi connectivity index (χ1) is 19.1. The van der Waals surface area contributed by atoms with Gasteiger partial charge in [-0.1, -0.05) is 62.4 Å². The number of hydrogen-bond acceptors (Lipinski definition) is 7. The molecule has 1 aromatic heterocycles. The van der Waals surface area contributed by atoms with Gasteiger partial charge >= 0.3 is 17.6 Å². The highest BCUT2D eigenvalue weighted by Gasteiger charge is 2.30. The van der Waals surface area contributed by atoms with Crippen LogP contribution in [0.3, 0.4) is 0 Å². The molecule has 0 atom stereocenters. The Balaban J connectivity index is 1.69. The molecule has 1 heterocycles. The van der Waals surface area contributed by atoms with Crippen LogP contribution < -0.4 is 5.69 Å². The quantitative estimate of drug-likeness (QED) is 0.123. The lowest BCUT2D eigenvalue weighted by molar-refractivity contribution is -0.145. The Kier molecular flexibility index (Phi) is 11.6. The van der Waals surface area contributed by atoms with Gasteiger partial charge in [-0.15, -0.1) is 11.8 Å². The molecule has 8 nitrogen and oxygen atoms in total. The summed E-state index contributed by atoms with van der Waals surface area (Å²) >= 11 is 1.37. The second-order valence-electron chi connectivity index (χ2n) is 10.3. The van der Waals surface area contributed by atoms with Gasteiger partial charge in [0.15, 0.2) is 12.4 Å². The molecule has 0 bridgehead atoms. The molecule has 0 aliphatic heterocycles. The van der Waals surface area contributed by atoms with Crippen molar-refractivity contribution in [3.8, 4) is 0 Å². The minimum atomic E-state index is -0.754. The van der Waals surface area contributed by atoms with Gasteiger partial charge in [-0.2, -0.15) is 5.10 Å². The van der Waals surface area contributed by atoms with Gasteiger partial charge in [0, 0.05) is 11.4 Å². The van der Waals surface area contributed by atoms with E-state index < -0.39 is 10.7 Å². The number of benzene rings is 2. The Morgan fingerprint density at radius 2 is 1.60 bits per heavy atom. The summed E-state index contributed by atoms with van der Waals surface area (Å²) < 4.78 is 13.1. The lowest BCUT2D eigenvalue weighted by Crippen LogP contribution is -2.29. The molecule has 0 saturated heterocycles. The Morgan fingerprint density at radius 3 is 2.25 bits per heavy atom. The highest BCUT2D eigenvalue weighted by atomic mass is 32.2. The van der Waals surface area contributed by atoms with Gasteiger partial charge in [0.2, 0.25) is 0 Å². The summed E-state index contributed by atoms with van der Waals surface area (Å²) in [6, 6.07) is 14.9. The fraction of sp³-hybridized carbons (Fsp3) is 0.484. The molecule has 0 radical (unpaired) electrons. The standard InChI is InChI=1S/C31H41N3O5S/c1-6-8-9-10-11-20-33-27(32-34(30(33)37)21-24-14-12-23(3)13-15-24)22-39-28(35)25-16-18-26(19-17-25)40-31(4,5)29(36)38-7-2/h12-19H,6-11,20-22H2,1-5H3. The molecular weight excluding hydrogens is 526 g/mol. The number of thioether (sulfide) groups is 1. The summed E-state index contributed by atoms with van der Waals surface area (Å²) in [5, 5.41) is 4.54. The fourth-order valence-electron chi connectivity index (χ4n) is 4.17. The van der Waals surface area contributed by atoms with E-state index in [4.69, 9.17) is 9.47 Å². The first-order valence-electron chi connectivity index (χ1n) is 14.0. The maximum atomic E-state index is 13.2. The number of aryl methyl sites for hydroxylation is 1. The molecule has 3 rings (SSSR count). The van der Waals surface area contributed by atoms with Crippen molar-refractivity contribution < 1.29 is 19.1 Å². The molecule has 0 aliphatic carbocycles. The van der Waals surface area contributed by atoms with E-state index in [-0.39, 0.29) is 18.3 Å². The van der Waals surface area contributed by atoms with Crippen molar-refractivity contribution in [2.45, 2.75) is 96.1 Å². The molecule has 216 valence electrons. The largest absolute Gasteiger partial charge is 0.465 e. The third kappa shape index (κ3) is 8.84. The average Bonchev–Trinajstić information content (AvgIpc) is 3.22. The highest BCUT2D eigenvalue weighted by Crippen LogP contribution is 2.33. The predicted molar refractivity (Wildman–Crippen MR) is 158 cm³/mol. The fourth-order valence-corrected chi connectivity index (χ4v) is 5.18. The normalized spacial score (nSPS) is 11.4. The zero-order chi connectivity index (χ0) is 29.1. The van der Waals surface area contributed by atoms with Crippen LogP contribution >= 0.6 is 11.8 Å². The van der Waals surface area contributed by atoms with Gasteiger partial charge < -0.3 is 9.47 Å². The smallest absolute Gasteiger partial charge is 0.346 e. The van der Waals surface area contributed by atoms with Crippen LogP contribution in [-0.4, -0.2) is 37.6 Å². The van der Waals surface area contributed by atoms with Gasteiger partial charge in [-0.25, -0.2) is 14.3 Å².